The van der Waals surface area contributed by atoms with Crippen molar-refractivity contribution in [2.45, 2.75) is 37.6 Å². The van der Waals surface area contributed by atoms with E-state index in [0.717, 1.165) is 24.3 Å². The maximum atomic E-state index is 13.2. The third-order valence-electron chi connectivity index (χ3n) is 5.29. The van der Waals surface area contributed by atoms with Gasteiger partial charge in [0.2, 0.25) is 17.5 Å². The van der Waals surface area contributed by atoms with E-state index in [2.05, 4.69) is 0 Å². The van der Waals surface area contributed by atoms with Crippen LogP contribution in [0.2, 0.25) is 0 Å². The predicted octanol–water partition coefficient (Wildman–Crippen LogP) is 0.194. The first-order valence-corrected chi connectivity index (χ1v) is 9.64. The van der Waals surface area contributed by atoms with Gasteiger partial charge >= 0.3 is 0 Å². The Hall–Kier alpha value is -3.71. The molecule has 0 amide bonds. The van der Waals surface area contributed by atoms with E-state index in [-0.39, 0.29) is 11.1 Å². The predicted molar refractivity (Wildman–Crippen MR) is 109 cm³/mol. The summed E-state index contributed by atoms with van der Waals surface area (Å²) < 4.78 is 16.5. The number of hydrogen-bond acceptors (Lipinski definition) is 12. The highest BCUT2D eigenvalue weighted by Crippen LogP contribution is 2.43. The van der Waals surface area contributed by atoms with Gasteiger partial charge < -0.3 is 54.7 Å². The van der Waals surface area contributed by atoms with Crippen LogP contribution in [0.25, 0.3) is 22.3 Å². The molecule has 0 radical (unpaired) electrons. The summed E-state index contributed by atoms with van der Waals surface area (Å²) in [5, 5.41) is 79.1. The fraction of sp³-hybridized carbons (Fsp3) is 0.286. The van der Waals surface area contributed by atoms with E-state index >= 15 is 0 Å². The Morgan fingerprint density at radius 1 is 0.848 bits per heavy atom. The summed E-state index contributed by atoms with van der Waals surface area (Å²) in [7, 11) is 0. The molecule has 1 saturated heterocycles. The number of fused-ring (bicyclic) bond motifs is 1. The minimum Gasteiger partial charge on any atom is -0.508 e. The van der Waals surface area contributed by atoms with E-state index < -0.39 is 81.8 Å². The number of phenols is 5. The van der Waals surface area contributed by atoms with Gasteiger partial charge in [-0.05, 0) is 19.1 Å². The Balaban J connectivity index is 1.95. The molecule has 1 aromatic heterocycles. The first kappa shape index (κ1) is 22.5. The van der Waals surface area contributed by atoms with Gasteiger partial charge in [0.1, 0.15) is 40.8 Å². The van der Waals surface area contributed by atoms with Crippen molar-refractivity contribution < 1.29 is 54.7 Å². The molecule has 33 heavy (non-hydrogen) atoms. The molecule has 0 spiro atoms. The lowest BCUT2D eigenvalue weighted by atomic mass is 10.00. The minimum atomic E-state index is -1.80. The largest absolute Gasteiger partial charge is 0.508 e. The molecule has 0 saturated carbocycles. The molecular weight excluding hydrogens is 444 g/mol. The van der Waals surface area contributed by atoms with Crippen LogP contribution in [-0.4, -0.2) is 71.6 Å². The molecule has 12 nitrogen and oxygen atoms in total. The smallest absolute Gasteiger partial charge is 0.239 e. The molecule has 1 fully saturated rings. The van der Waals surface area contributed by atoms with Crippen molar-refractivity contribution in [1.29, 1.82) is 0 Å². The van der Waals surface area contributed by atoms with Crippen LogP contribution in [0.5, 0.6) is 34.5 Å². The van der Waals surface area contributed by atoms with Crippen LogP contribution >= 0.6 is 0 Å². The van der Waals surface area contributed by atoms with Crippen LogP contribution in [0.1, 0.15) is 6.92 Å². The summed E-state index contributed by atoms with van der Waals surface area (Å²) in [6.45, 7) is 1.39. The maximum Gasteiger partial charge on any atom is 0.239 e. The van der Waals surface area contributed by atoms with Crippen molar-refractivity contribution in [1.82, 2.24) is 0 Å². The van der Waals surface area contributed by atoms with Crippen molar-refractivity contribution in [2.24, 2.45) is 0 Å². The highest BCUT2D eigenvalue weighted by Gasteiger charge is 2.44. The number of aromatic hydroxyl groups is 5. The number of rotatable bonds is 3. The second-order valence-electron chi connectivity index (χ2n) is 7.59. The molecule has 8 N–H and O–H groups in total. The molecule has 2 aromatic carbocycles. The first-order chi connectivity index (χ1) is 15.5. The topological polar surface area (TPSA) is 211 Å². The molecule has 12 heteroatoms. The molecule has 5 atom stereocenters. The summed E-state index contributed by atoms with van der Waals surface area (Å²) in [4.78, 5) is 13.2. The Labute approximate surface area is 184 Å². The van der Waals surface area contributed by atoms with Crippen LogP contribution < -0.4 is 10.2 Å². The number of phenolic OH excluding ortho intramolecular Hbond substituents is 5. The fourth-order valence-electron chi connectivity index (χ4n) is 3.53. The Morgan fingerprint density at radius 3 is 2.12 bits per heavy atom. The summed E-state index contributed by atoms with van der Waals surface area (Å²) in [5.41, 5.74) is -1.45. The molecule has 3 aromatic rings. The molecular formula is C21H20O12. The van der Waals surface area contributed by atoms with Gasteiger partial charge in [0.05, 0.1) is 6.10 Å². The van der Waals surface area contributed by atoms with E-state index in [1.807, 2.05) is 0 Å². The zero-order valence-corrected chi connectivity index (χ0v) is 16.9. The van der Waals surface area contributed by atoms with Crippen LogP contribution in [0.15, 0.2) is 33.5 Å². The summed E-state index contributed by atoms with van der Waals surface area (Å²) in [6, 6.07) is 3.79. The Kier molecular flexibility index (Phi) is 5.46. The average molecular weight is 464 g/mol. The molecule has 1 aliphatic heterocycles. The second kappa shape index (κ2) is 8.01. The van der Waals surface area contributed by atoms with Gasteiger partial charge in [0.25, 0.3) is 0 Å². The van der Waals surface area contributed by atoms with Crippen molar-refractivity contribution in [3.63, 3.8) is 0 Å². The number of benzene rings is 2. The maximum absolute atomic E-state index is 13.2. The lowest BCUT2D eigenvalue weighted by molar-refractivity contribution is -0.268. The monoisotopic (exact) mass is 464 g/mol. The van der Waals surface area contributed by atoms with Gasteiger partial charge in [0.15, 0.2) is 23.0 Å². The quantitative estimate of drug-likeness (QED) is 0.244. The molecule has 0 bridgehead atoms. The third-order valence-corrected chi connectivity index (χ3v) is 5.29. The van der Waals surface area contributed by atoms with E-state index in [0.29, 0.717) is 0 Å². The molecule has 1 aliphatic rings. The molecule has 4 rings (SSSR count). The van der Waals surface area contributed by atoms with Crippen molar-refractivity contribution in [3.05, 3.63) is 34.5 Å². The molecule has 2 heterocycles. The first-order valence-electron chi connectivity index (χ1n) is 9.64. The van der Waals surface area contributed by atoms with Gasteiger partial charge in [-0.3, -0.25) is 4.79 Å². The van der Waals surface area contributed by atoms with Gasteiger partial charge in [-0.1, -0.05) is 0 Å². The lowest BCUT2D eigenvalue weighted by Gasteiger charge is -2.38. The number of aliphatic hydroxyl groups excluding tert-OH is 3. The zero-order valence-electron chi connectivity index (χ0n) is 16.9. The Bertz CT molecular complexity index is 1260. The van der Waals surface area contributed by atoms with E-state index in [1.165, 1.54) is 6.92 Å². The number of ether oxygens (including phenoxy) is 2. The van der Waals surface area contributed by atoms with Crippen LogP contribution in [0.3, 0.4) is 0 Å². The summed E-state index contributed by atoms with van der Waals surface area (Å²) >= 11 is 0. The number of aliphatic hydroxyl groups is 3. The van der Waals surface area contributed by atoms with Crippen molar-refractivity contribution >= 4 is 11.0 Å². The lowest BCUT2D eigenvalue weighted by Crippen LogP contribution is -2.58. The Morgan fingerprint density at radius 2 is 1.48 bits per heavy atom. The summed E-state index contributed by atoms with van der Waals surface area (Å²) in [5.74, 6) is -4.55. The van der Waals surface area contributed by atoms with Crippen LogP contribution in [0.4, 0.5) is 0 Å². The third kappa shape index (κ3) is 3.74. The fourth-order valence-corrected chi connectivity index (χ4v) is 3.53. The molecule has 176 valence electrons. The van der Waals surface area contributed by atoms with Crippen LogP contribution in [0, 0.1) is 0 Å². The van der Waals surface area contributed by atoms with Crippen molar-refractivity contribution in [3.8, 4) is 45.8 Å². The highest BCUT2D eigenvalue weighted by molar-refractivity contribution is 5.88. The van der Waals surface area contributed by atoms with E-state index in [9.17, 15) is 45.6 Å². The van der Waals surface area contributed by atoms with Crippen molar-refractivity contribution in [2.75, 3.05) is 0 Å². The standard InChI is InChI=1S/C21H20O12/c1-6-14(26)17(29)18(30)21(31-6)33-20-16(28)13-9(23)4-8(22)5-12(13)32-19(20)7-2-10(24)15(27)11(25)3-7/h2-6,14,17-18,21-27,29-30H,1H3/t6-,14-,17-,18-,21?/m1/s1. The average Bonchev–Trinajstić information content (AvgIpc) is 2.74. The van der Waals surface area contributed by atoms with Gasteiger partial charge in [-0.15, -0.1) is 0 Å². The van der Waals surface area contributed by atoms with E-state index in [1.54, 1.807) is 0 Å². The van der Waals surface area contributed by atoms with E-state index in [4.69, 9.17) is 13.9 Å². The summed E-state index contributed by atoms with van der Waals surface area (Å²) in [6.07, 6.45) is -7.59. The van der Waals surface area contributed by atoms with Gasteiger partial charge in [0, 0.05) is 17.7 Å². The molecule has 0 aliphatic carbocycles. The molecule has 1 unspecified atom stereocenters. The van der Waals surface area contributed by atoms with Gasteiger partial charge in [-0.2, -0.15) is 0 Å². The van der Waals surface area contributed by atoms with Gasteiger partial charge in [-0.25, -0.2) is 0 Å². The normalized spacial score (nSPS) is 25.3. The number of hydrogen-bond donors (Lipinski definition) is 8. The zero-order chi connectivity index (χ0) is 24.2. The minimum absolute atomic E-state index is 0.168. The SMILES string of the molecule is C[C@H]1OC(Oc2c(-c3cc(O)c(O)c(O)c3)oc3cc(O)cc(O)c3c2=O)[C@H](O)[C@H](O)[C@@H]1O. The second-order valence-corrected chi connectivity index (χ2v) is 7.59. The van der Waals surface area contributed by atoms with Crippen LogP contribution in [-0.2, 0) is 4.74 Å². The highest BCUT2D eigenvalue weighted by atomic mass is 16.7.